The van der Waals surface area contributed by atoms with E-state index in [-0.39, 0.29) is 5.82 Å². The quantitative estimate of drug-likeness (QED) is 0.528. The molecule has 0 aliphatic heterocycles. The zero-order valence-corrected chi connectivity index (χ0v) is 12.4. The van der Waals surface area contributed by atoms with Gasteiger partial charge in [-0.2, -0.15) is 0 Å². The number of nitrogens with zero attached hydrogens (tertiary/aromatic N) is 1. The molecule has 0 N–H and O–H groups in total. The minimum Gasteiger partial charge on any atom is -0.219 e. The second kappa shape index (κ2) is 8.73. The first-order valence-corrected chi connectivity index (χ1v) is 7.11. The Labute approximate surface area is 122 Å². The molecule has 19 heavy (non-hydrogen) atoms. The summed E-state index contributed by atoms with van der Waals surface area (Å²) in [6, 6.07) is 13.6. The first-order valence-electron chi connectivity index (χ1n) is 5.95. The molecule has 0 unspecified atom stereocenters. The first-order chi connectivity index (χ1) is 9.24. The van der Waals surface area contributed by atoms with Gasteiger partial charge in [0.2, 0.25) is 0 Å². The lowest BCUT2D eigenvalue weighted by atomic mass is 10.2. The summed E-state index contributed by atoms with van der Waals surface area (Å²) in [5.41, 5.74) is 0.868. The summed E-state index contributed by atoms with van der Waals surface area (Å²) in [5, 5.41) is 0.705. The molecule has 4 heteroatoms. The number of rotatable bonds is 3. The zero-order valence-electron chi connectivity index (χ0n) is 10.8. The van der Waals surface area contributed by atoms with Crippen molar-refractivity contribution < 1.29 is 4.39 Å². The molecular formula is C15H15ClFNS. The molecule has 0 saturated carbocycles. The van der Waals surface area contributed by atoms with Crippen molar-refractivity contribution >= 4 is 29.8 Å². The van der Waals surface area contributed by atoms with E-state index < -0.39 is 0 Å². The molecule has 0 heterocycles. The molecule has 0 spiro atoms. The summed E-state index contributed by atoms with van der Waals surface area (Å²) in [4.78, 5) is 1.01. The van der Waals surface area contributed by atoms with Gasteiger partial charge in [0.15, 0.2) is 0 Å². The summed E-state index contributed by atoms with van der Waals surface area (Å²) in [6.07, 6.45) is 1.69. The minimum atomic E-state index is -0.243. The highest BCUT2D eigenvalue weighted by molar-refractivity contribution is 7.98. The molecule has 2 aromatic carbocycles. The zero-order chi connectivity index (χ0) is 14.1. The lowest BCUT2D eigenvalue weighted by Gasteiger charge is -1.95. The van der Waals surface area contributed by atoms with Crippen molar-refractivity contribution in [3.8, 4) is 0 Å². The van der Waals surface area contributed by atoms with Crippen LogP contribution in [-0.2, 0) is 0 Å². The third-order valence-electron chi connectivity index (χ3n) is 2.04. The molecule has 0 atom stereocenters. The van der Waals surface area contributed by atoms with Crippen LogP contribution in [0.5, 0.6) is 0 Å². The van der Waals surface area contributed by atoms with E-state index in [4.69, 9.17) is 11.6 Å². The highest BCUT2D eigenvalue weighted by Crippen LogP contribution is 2.21. The SMILES string of the molecule is CC.Fc1ccc(/C=N/Sc2ccc(Cl)cc2)cc1. The van der Waals surface area contributed by atoms with Crippen molar-refractivity contribution in [1.82, 2.24) is 0 Å². The molecule has 0 bridgehead atoms. The average molecular weight is 296 g/mol. The van der Waals surface area contributed by atoms with Gasteiger partial charge in [-0.25, -0.2) is 8.79 Å². The van der Waals surface area contributed by atoms with Crippen LogP contribution in [0.4, 0.5) is 4.39 Å². The summed E-state index contributed by atoms with van der Waals surface area (Å²) in [5.74, 6) is -0.243. The molecule has 0 aliphatic rings. The number of halogens is 2. The van der Waals surface area contributed by atoms with Crippen molar-refractivity contribution in [3.63, 3.8) is 0 Å². The van der Waals surface area contributed by atoms with E-state index in [0.29, 0.717) is 5.02 Å². The Bertz CT molecular complexity index is 509. The second-order valence-electron chi connectivity index (χ2n) is 3.33. The Morgan fingerprint density at radius 2 is 1.58 bits per heavy atom. The van der Waals surface area contributed by atoms with Gasteiger partial charge < -0.3 is 0 Å². The van der Waals surface area contributed by atoms with Crippen molar-refractivity contribution in [1.29, 1.82) is 0 Å². The molecule has 0 aromatic heterocycles. The van der Waals surface area contributed by atoms with Crippen LogP contribution in [0.3, 0.4) is 0 Å². The Balaban J connectivity index is 0.000000861. The second-order valence-corrected chi connectivity index (χ2v) is 4.63. The van der Waals surface area contributed by atoms with E-state index in [0.717, 1.165) is 10.5 Å². The van der Waals surface area contributed by atoms with Crippen molar-refractivity contribution in [2.75, 3.05) is 0 Å². The number of hydrogen-bond acceptors (Lipinski definition) is 2. The maximum absolute atomic E-state index is 12.6. The van der Waals surface area contributed by atoms with E-state index in [1.54, 1.807) is 18.3 Å². The molecule has 2 aromatic rings. The van der Waals surface area contributed by atoms with Gasteiger partial charge in [0, 0.05) is 28.1 Å². The third kappa shape index (κ3) is 5.90. The summed E-state index contributed by atoms with van der Waals surface area (Å²) >= 11 is 7.12. The number of hydrogen-bond donors (Lipinski definition) is 0. The van der Waals surface area contributed by atoms with Crippen molar-refractivity contribution in [2.24, 2.45) is 4.40 Å². The highest BCUT2D eigenvalue weighted by atomic mass is 35.5. The normalized spacial score (nSPS) is 10.1. The van der Waals surface area contributed by atoms with Crippen LogP contribution in [0.1, 0.15) is 19.4 Å². The maximum atomic E-state index is 12.6. The van der Waals surface area contributed by atoms with Gasteiger partial charge in [-0.1, -0.05) is 37.6 Å². The van der Waals surface area contributed by atoms with Crippen LogP contribution < -0.4 is 0 Å². The van der Waals surface area contributed by atoms with Gasteiger partial charge in [0.05, 0.1) is 0 Å². The Morgan fingerprint density at radius 3 is 2.16 bits per heavy atom. The largest absolute Gasteiger partial charge is 0.219 e. The topological polar surface area (TPSA) is 12.4 Å². The van der Waals surface area contributed by atoms with Gasteiger partial charge in [0.25, 0.3) is 0 Å². The van der Waals surface area contributed by atoms with Crippen molar-refractivity contribution in [2.45, 2.75) is 18.7 Å². The molecule has 0 radical (unpaired) electrons. The number of benzene rings is 2. The van der Waals surface area contributed by atoms with Crippen LogP contribution in [0, 0.1) is 5.82 Å². The van der Waals surface area contributed by atoms with E-state index >= 15 is 0 Å². The first kappa shape index (κ1) is 15.7. The molecule has 1 nitrogen and oxygen atoms in total. The summed E-state index contributed by atoms with van der Waals surface area (Å²) in [7, 11) is 0. The monoisotopic (exact) mass is 295 g/mol. The fourth-order valence-corrected chi connectivity index (χ4v) is 1.87. The van der Waals surface area contributed by atoms with Gasteiger partial charge in [-0.05, 0) is 42.0 Å². The van der Waals surface area contributed by atoms with Crippen LogP contribution in [0.15, 0.2) is 57.8 Å². The fourth-order valence-electron chi connectivity index (χ4n) is 1.19. The summed E-state index contributed by atoms with van der Waals surface area (Å²) < 4.78 is 16.8. The predicted molar refractivity (Wildman–Crippen MR) is 82.7 cm³/mol. The third-order valence-corrected chi connectivity index (χ3v) is 2.99. The maximum Gasteiger partial charge on any atom is 0.123 e. The Kier molecular flexibility index (Phi) is 7.23. The molecule has 0 fully saturated rings. The molecular weight excluding hydrogens is 281 g/mol. The molecule has 2 rings (SSSR count). The Morgan fingerprint density at radius 1 is 1.00 bits per heavy atom. The van der Waals surface area contributed by atoms with E-state index in [2.05, 4.69) is 4.40 Å². The molecule has 0 amide bonds. The average Bonchev–Trinajstić information content (AvgIpc) is 2.45. The molecule has 0 aliphatic carbocycles. The van der Waals surface area contributed by atoms with Crippen LogP contribution in [0.2, 0.25) is 5.02 Å². The molecule has 0 saturated heterocycles. The van der Waals surface area contributed by atoms with Crippen LogP contribution in [0.25, 0.3) is 0 Å². The highest BCUT2D eigenvalue weighted by Gasteiger charge is 1.92. The lowest BCUT2D eigenvalue weighted by Crippen LogP contribution is -1.80. The van der Waals surface area contributed by atoms with Gasteiger partial charge >= 0.3 is 0 Å². The standard InChI is InChI=1S/C13H9ClFNS.C2H6/c14-11-3-7-13(8-4-11)17-16-9-10-1-5-12(15)6-2-10;1-2/h1-9H;1-2H3/b16-9+;. The predicted octanol–water partition coefficient (Wildman–Crippen LogP) is 5.63. The van der Waals surface area contributed by atoms with E-state index in [1.807, 2.05) is 38.1 Å². The van der Waals surface area contributed by atoms with Crippen LogP contribution >= 0.6 is 23.5 Å². The molecule has 100 valence electrons. The van der Waals surface area contributed by atoms with Crippen LogP contribution in [-0.4, -0.2) is 6.21 Å². The minimum absolute atomic E-state index is 0.243. The van der Waals surface area contributed by atoms with E-state index in [9.17, 15) is 4.39 Å². The lowest BCUT2D eigenvalue weighted by molar-refractivity contribution is 0.628. The fraction of sp³-hybridized carbons (Fsp3) is 0.133. The van der Waals surface area contributed by atoms with E-state index in [1.165, 1.54) is 24.1 Å². The summed E-state index contributed by atoms with van der Waals surface area (Å²) in [6.45, 7) is 4.00. The van der Waals surface area contributed by atoms with Gasteiger partial charge in [-0.15, -0.1) is 0 Å². The van der Waals surface area contributed by atoms with Crippen molar-refractivity contribution in [3.05, 3.63) is 64.9 Å². The van der Waals surface area contributed by atoms with Gasteiger partial charge in [0.1, 0.15) is 5.82 Å². The smallest absolute Gasteiger partial charge is 0.123 e. The van der Waals surface area contributed by atoms with Gasteiger partial charge in [-0.3, -0.25) is 0 Å². The Hall–Kier alpha value is -1.32.